The third-order valence-electron chi connectivity index (χ3n) is 5.31. The molecule has 0 amide bonds. The second-order valence-electron chi connectivity index (χ2n) is 8.07. The van der Waals surface area contributed by atoms with Gasteiger partial charge in [-0.3, -0.25) is 0 Å². The molecule has 1 N–H and O–H groups in total. The molecule has 21 heteroatoms. The van der Waals surface area contributed by atoms with E-state index in [1.54, 1.807) is 0 Å². The lowest BCUT2D eigenvalue weighted by Gasteiger charge is -2.21. The van der Waals surface area contributed by atoms with Crippen LogP contribution in [0.2, 0.25) is 0 Å². The SMILES string of the molecule is O=S(=O)([O-])c1ccc2c(N=Nc3ccc(N=Nc4ccc(SOOO)cc4)cc3S(=O)(=O)[O-])c([O-])c(S(=O)(=O)[O-])cc2c1. The van der Waals surface area contributed by atoms with Gasteiger partial charge in [0.15, 0.2) is 0 Å². The minimum Gasteiger partial charge on any atom is -0.870 e. The fraction of sp³-hybridized carbons (Fsp3) is 0. The van der Waals surface area contributed by atoms with E-state index in [9.17, 15) is 44.0 Å². The molecule has 226 valence electrons. The van der Waals surface area contributed by atoms with E-state index in [0.29, 0.717) is 34.8 Å². The molecule has 17 nitrogen and oxygen atoms in total. The molecule has 0 aliphatic rings. The van der Waals surface area contributed by atoms with E-state index >= 15 is 0 Å². The van der Waals surface area contributed by atoms with E-state index in [1.165, 1.54) is 30.3 Å². The Bertz CT molecular complexity index is 2100. The molecule has 0 spiro atoms. The highest BCUT2D eigenvalue weighted by Crippen LogP contribution is 2.41. The van der Waals surface area contributed by atoms with Gasteiger partial charge in [-0.1, -0.05) is 16.9 Å². The van der Waals surface area contributed by atoms with Gasteiger partial charge in [-0.25, -0.2) is 30.5 Å². The summed E-state index contributed by atoms with van der Waals surface area (Å²) in [6.45, 7) is 0. The van der Waals surface area contributed by atoms with Crippen molar-refractivity contribution >= 4 is 75.9 Å². The molecule has 0 radical (unpaired) electrons. The molecule has 0 saturated carbocycles. The van der Waals surface area contributed by atoms with Gasteiger partial charge in [0.1, 0.15) is 36.0 Å². The van der Waals surface area contributed by atoms with Crippen LogP contribution in [0.4, 0.5) is 22.7 Å². The Kier molecular flexibility index (Phi) is 9.22. The number of rotatable bonds is 10. The summed E-state index contributed by atoms with van der Waals surface area (Å²) >= 11 is 0.691. The van der Waals surface area contributed by atoms with Gasteiger partial charge in [-0.2, -0.15) is 15.3 Å². The number of fused-ring (bicyclic) bond motifs is 1. The number of hydrogen-bond acceptors (Lipinski definition) is 18. The topological polar surface area (TPSA) is 283 Å². The number of hydrogen-bond donors (Lipinski definition) is 1. The van der Waals surface area contributed by atoms with Gasteiger partial charge < -0.3 is 18.8 Å². The van der Waals surface area contributed by atoms with Crippen molar-refractivity contribution in [3.05, 3.63) is 66.7 Å². The zero-order chi connectivity index (χ0) is 31.6. The lowest BCUT2D eigenvalue weighted by Crippen LogP contribution is -2.06. The third-order valence-corrected chi connectivity index (χ3v) is 8.44. The molecular weight excluding hydrogens is 657 g/mol. The first kappa shape index (κ1) is 32.0. The van der Waals surface area contributed by atoms with Crippen molar-refractivity contribution in [2.45, 2.75) is 19.6 Å². The van der Waals surface area contributed by atoms with Crippen LogP contribution in [0.5, 0.6) is 5.75 Å². The molecule has 4 aromatic rings. The lowest BCUT2D eigenvalue weighted by molar-refractivity contribution is -0.432. The smallest absolute Gasteiger partial charge is 0.126 e. The molecule has 4 rings (SSSR count). The van der Waals surface area contributed by atoms with Gasteiger partial charge in [0.05, 0.1) is 38.9 Å². The normalized spacial score (nSPS) is 12.9. The van der Waals surface area contributed by atoms with E-state index in [1.807, 2.05) is 0 Å². The van der Waals surface area contributed by atoms with Crippen molar-refractivity contribution in [1.29, 1.82) is 0 Å². The fourth-order valence-corrected chi connectivity index (χ4v) is 5.54. The Morgan fingerprint density at radius 1 is 0.674 bits per heavy atom. The van der Waals surface area contributed by atoms with E-state index in [4.69, 9.17) is 5.26 Å². The standard InChI is InChI=1S/C22H16N4O13S4/c27-22-20(43(35,36)37)10-12-9-16(41(29,30)31)6-7-17(12)21(22)26-25-18-8-3-14(11-19(18)42(32,33)34)24-23-13-1-4-15(5-2-13)40-39-38-28/h1-11,27-28H,(H,29,30,31)(H,32,33,34)(H,35,36,37)/p-4. The van der Waals surface area contributed by atoms with Crippen molar-refractivity contribution in [3.8, 4) is 5.75 Å². The zero-order valence-electron chi connectivity index (χ0n) is 20.6. The summed E-state index contributed by atoms with van der Waals surface area (Å²) < 4.78 is 109. The Hall–Kier alpha value is -3.90. The average Bonchev–Trinajstić information content (AvgIpc) is 2.93. The van der Waals surface area contributed by atoms with Crippen LogP contribution in [0.15, 0.2) is 107 Å². The first-order chi connectivity index (χ1) is 20.1. The molecule has 0 aliphatic carbocycles. The summed E-state index contributed by atoms with van der Waals surface area (Å²) in [5, 5.41) is 38.8. The van der Waals surface area contributed by atoms with Gasteiger partial charge in [-0.05, 0) is 66.0 Å². The predicted octanol–water partition coefficient (Wildman–Crippen LogP) is 3.88. The van der Waals surface area contributed by atoms with Gasteiger partial charge in [-0.15, -0.1) is 9.45 Å². The van der Waals surface area contributed by atoms with Gasteiger partial charge in [0.25, 0.3) is 0 Å². The fourth-order valence-electron chi connectivity index (χ4n) is 3.45. The van der Waals surface area contributed by atoms with Crippen molar-refractivity contribution in [2.24, 2.45) is 20.5 Å². The third kappa shape index (κ3) is 7.74. The summed E-state index contributed by atoms with van der Waals surface area (Å²) in [6.07, 6.45) is 0. The first-order valence-corrected chi connectivity index (χ1v) is 15.9. The maximum atomic E-state index is 12.8. The largest absolute Gasteiger partial charge is 0.870 e. The molecule has 0 unspecified atom stereocenters. The Morgan fingerprint density at radius 3 is 1.91 bits per heavy atom. The monoisotopic (exact) mass is 668 g/mol. The van der Waals surface area contributed by atoms with Gasteiger partial charge in [0.2, 0.25) is 0 Å². The molecule has 0 aromatic heterocycles. The second-order valence-corrected chi connectivity index (χ2v) is 12.9. The lowest BCUT2D eigenvalue weighted by atomic mass is 10.1. The molecule has 0 atom stereocenters. The molecule has 0 bridgehead atoms. The van der Waals surface area contributed by atoms with Crippen LogP contribution in [0, 0.1) is 0 Å². The van der Waals surface area contributed by atoms with Crippen molar-refractivity contribution in [1.82, 2.24) is 0 Å². The molecule has 0 aliphatic heterocycles. The van der Waals surface area contributed by atoms with Crippen molar-refractivity contribution in [3.63, 3.8) is 0 Å². The Morgan fingerprint density at radius 2 is 1.30 bits per heavy atom. The zero-order valence-corrected chi connectivity index (χ0v) is 23.9. The molecule has 43 heavy (non-hydrogen) atoms. The summed E-state index contributed by atoms with van der Waals surface area (Å²) in [4.78, 5) is -2.58. The minimum absolute atomic E-state index is 0.121. The van der Waals surface area contributed by atoms with Crippen molar-refractivity contribution < 1.29 is 58.6 Å². The van der Waals surface area contributed by atoms with Crippen LogP contribution in [-0.4, -0.2) is 44.2 Å². The summed E-state index contributed by atoms with van der Waals surface area (Å²) in [7, 11) is -15.7. The van der Waals surface area contributed by atoms with E-state index in [0.717, 1.165) is 24.3 Å². The number of benzene rings is 4. The first-order valence-electron chi connectivity index (χ1n) is 11.0. The van der Waals surface area contributed by atoms with E-state index in [2.05, 4.69) is 29.8 Å². The predicted molar refractivity (Wildman–Crippen MR) is 139 cm³/mol. The highest BCUT2D eigenvalue weighted by atomic mass is 32.2. The number of azo groups is 2. The molecular formula is C22H12N4O13S4-4. The van der Waals surface area contributed by atoms with E-state index < -0.39 is 62.2 Å². The van der Waals surface area contributed by atoms with Gasteiger partial charge in [0, 0.05) is 15.2 Å². The molecule has 0 heterocycles. The molecule has 0 fully saturated rings. The van der Waals surface area contributed by atoms with Gasteiger partial charge >= 0.3 is 0 Å². The molecule has 4 aromatic carbocycles. The summed E-state index contributed by atoms with van der Waals surface area (Å²) in [6, 6.07) is 12.0. The average molecular weight is 669 g/mol. The van der Waals surface area contributed by atoms with Crippen LogP contribution in [0.1, 0.15) is 0 Å². The molecule has 0 saturated heterocycles. The van der Waals surface area contributed by atoms with E-state index in [-0.39, 0.29) is 16.5 Å². The summed E-state index contributed by atoms with van der Waals surface area (Å²) in [5.74, 6) is -1.46. The van der Waals surface area contributed by atoms with Crippen LogP contribution in [-0.2, 0) is 39.7 Å². The quantitative estimate of drug-likeness (QED) is 0.0825. The second kappa shape index (κ2) is 12.4. The summed E-state index contributed by atoms with van der Waals surface area (Å²) in [5.41, 5.74) is -1.26. The minimum atomic E-state index is -5.44. The maximum absolute atomic E-state index is 12.8. The number of nitrogens with zero attached hydrogens (tertiary/aromatic N) is 4. The van der Waals surface area contributed by atoms with Crippen LogP contribution in [0.25, 0.3) is 10.8 Å². The highest BCUT2D eigenvalue weighted by molar-refractivity contribution is 7.94. The van der Waals surface area contributed by atoms with Crippen LogP contribution >= 0.6 is 12.0 Å². The van der Waals surface area contributed by atoms with Crippen LogP contribution in [0.3, 0.4) is 0 Å². The Balaban J connectivity index is 1.77. The van der Waals surface area contributed by atoms with Crippen molar-refractivity contribution in [2.75, 3.05) is 0 Å². The highest BCUT2D eigenvalue weighted by Gasteiger charge is 2.15. The maximum Gasteiger partial charge on any atom is 0.126 e. The Labute approximate surface area is 246 Å². The van der Waals surface area contributed by atoms with Crippen LogP contribution < -0.4 is 5.11 Å².